The van der Waals surface area contributed by atoms with Crippen LogP contribution in [0.5, 0.6) is 11.5 Å². The maximum atomic E-state index is 6.37. The molecule has 48 heavy (non-hydrogen) atoms. The van der Waals surface area contributed by atoms with E-state index in [4.69, 9.17) is 19.9 Å². The van der Waals surface area contributed by atoms with Gasteiger partial charge in [-0.25, -0.2) is 0 Å². The molecule has 0 radical (unpaired) electrons. The van der Waals surface area contributed by atoms with Crippen LogP contribution >= 0.6 is 0 Å². The van der Waals surface area contributed by atoms with Crippen LogP contribution in [0.25, 0.3) is 43.8 Å². The lowest BCUT2D eigenvalue weighted by atomic mass is 9.88. The Morgan fingerprint density at radius 1 is 0.646 bits per heavy atom. The molecule has 0 atom stereocenters. The molecule has 0 aliphatic heterocycles. The quantitative estimate of drug-likeness (QED) is 0.170. The van der Waals surface area contributed by atoms with Gasteiger partial charge in [0.05, 0.1) is 24.6 Å². The van der Waals surface area contributed by atoms with Crippen molar-refractivity contribution >= 4 is 32.7 Å². The summed E-state index contributed by atoms with van der Waals surface area (Å²) in [6.45, 7) is 1.10. The lowest BCUT2D eigenvalue weighted by molar-refractivity contribution is -0.747. The Labute approximate surface area is 279 Å². The largest absolute Gasteiger partial charge is 0.496 e. The smallest absolute Gasteiger partial charge is 0.193 e. The van der Waals surface area contributed by atoms with E-state index in [-0.39, 0.29) is 0 Å². The molecule has 2 aliphatic carbocycles. The van der Waals surface area contributed by atoms with Gasteiger partial charge in [-0.1, -0.05) is 85.0 Å². The summed E-state index contributed by atoms with van der Waals surface area (Å²) in [5.41, 5.74) is 8.83. The van der Waals surface area contributed by atoms with E-state index in [2.05, 4.69) is 110 Å². The van der Waals surface area contributed by atoms with Crippen LogP contribution in [-0.2, 0) is 27.2 Å². The molecule has 2 aromatic heterocycles. The molecule has 0 unspecified atom stereocenters. The van der Waals surface area contributed by atoms with Crippen molar-refractivity contribution in [1.82, 2.24) is 19.8 Å². The highest BCUT2D eigenvalue weighted by Gasteiger charge is 2.27. The van der Waals surface area contributed by atoms with Gasteiger partial charge in [-0.15, -0.1) is 18.7 Å². The fourth-order valence-electron chi connectivity index (χ4n) is 7.27. The summed E-state index contributed by atoms with van der Waals surface area (Å²) in [6.07, 6.45) is 19.0. The minimum absolute atomic E-state index is 0.548. The molecule has 8 heteroatoms. The van der Waals surface area contributed by atoms with E-state index in [1.54, 1.807) is 14.2 Å². The number of hydrogen-bond acceptors (Lipinski definition) is 4. The molecule has 2 aliphatic rings. The number of hydrogen-bond donors (Lipinski definition) is 0. The predicted molar refractivity (Wildman–Crippen MR) is 188 cm³/mol. The highest BCUT2D eigenvalue weighted by molar-refractivity contribution is 6.10. The zero-order chi connectivity index (χ0) is 32.8. The molecular formula is C40H38N6O2+2. The number of rotatable bonds is 9. The monoisotopic (exact) mass is 634 g/mol. The summed E-state index contributed by atoms with van der Waals surface area (Å²) in [4.78, 5) is 0. The van der Waals surface area contributed by atoms with E-state index < -0.39 is 0 Å². The van der Waals surface area contributed by atoms with E-state index >= 15 is 0 Å². The predicted octanol–water partition coefficient (Wildman–Crippen LogP) is 6.50. The van der Waals surface area contributed by atoms with Gasteiger partial charge in [0.2, 0.25) is 0 Å². The lowest BCUT2D eigenvalue weighted by Gasteiger charge is -2.21. The molecule has 0 bridgehead atoms. The second-order valence-corrected chi connectivity index (χ2v) is 12.4. The van der Waals surface area contributed by atoms with Crippen LogP contribution in [0, 0.1) is 0 Å². The first-order valence-corrected chi connectivity index (χ1v) is 16.3. The van der Waals surface area contributed by atoms with Gasteiger partial charge in [0, 0.05) is 33.4 Å². The van der Waals surface area contributed by atoms with Crippen LogP contribution in [0.3, 0.4) is 0 Å². The topological polar surface area (TPSA) is 61.9 Å². The van der Waals surface area contributed by atoms with Gasteiger partial charge in [-0.2, -0.15) is 0 Å². The van der Waals surface area contributed by atoms with Gasteiger partial charge >= 0.3 is 0 Å². The van der Waals surface area contributed by atoms with Crippen molar-refractivity contribution in [2.45, 2.75) is 25.9 Å². The summed E-state index contributed by atoms with van der Waals surface area (Å²) in [6, 6.07) is 21.5. The van der Waals surface area contributed by atoms with Crippen molar-refractivity contribution in [3.05, 3.63) is 132 Å². The Morgan fingerprint density at radius 2 is 1.08 bits per heavy atom. The highest BCUT2D eigenvalue weighted by atomic mass is 16.5. The van der Waals surface area contributed by atoms with Crippen molar-refractivity contribution in [3.8, 4) is 22.6 Å². The van der Waals surface area contributed by atoms with Crippen molar-refractivity contribution in [2.75, 3.05) is 14.2 Å². The van der Waals surface area contributed by atoms with E-state index in [0.717, 1.165) is 79.5 Å². The SMILES string of the molecule is COc1c(C[n+]2cc(C3=CC=CC3)n(C)n2)cc2ccccc2c1-c1c(OC)c(C[n+]2cc(C3=CC=CC3)n(C)n2)cc2ccccc12. The summed E-state index contributed by atoms with van der Waals surface area (Å²) in [7, 11) is 7.52. The highest BCUT2D eigenvalue weighted by Crippen LogP contribution is 2.48. The summed E-state index contributed by atoms with van der Waals surface area (Å²) >= 11 is 0. The van der Waals surface area contributed by atoms with Gasteiger partial charge in [-0.05, 0) is 46.5 Å². The number of ether oxygens (including phenoxy) is 2. The first-order valence-electron chi connectivity index (χ1n) is 16.3. The summed E-state index contributed by atoms with van der Waals surface area (Å²) in [5.74, 6) is 1.62. The van der Waals surface area contributed by atoms with Gasteiger partial charge in [0.15, 0.2) is 23.8 Å². The Bertz CT molecular complexity index is 2190. The number of methoxy groups -OCH3 is 2. The van der Waals surface area contributed by atoms with Crippen LogP contribution < -0.4 is 18.8 Å². The van der Waals surface area contributed by atoms with E-state index in [0.29, 0.717) is 13.1 Å². The molecule has 8 nitrogen and oxygen atoms in total. The standard InChI is InChI=1S/C40H38N6O2/c1-43-35(27-13-5-6-14-27)25-45(41-43)23-31-21-29-17-9-11-19-33(29)37(39(31)47-3)38-34-20-12-10-18-30(34)22-32(40(38)48-4)24-46-26-36(44(2)42-46)28-15-7-8-16-28/h5-13,15,17-22,25-26H,14,16,23-24H2,1-4H3/q+2. The van der Waals surface area contributed by atoms with Gasteiger partial charge in [0.1, 0.15) is 38.7 Å². The molecule has 0 fully saturated rings. The van der Waals surface area contributed by atoms with Crippen LogP contribution in [0.4, 0.5) is 0 Å². The molecule has 6 aromatic rings. The first-order chi connectivity index (χ1) is 23.5. The first kappa shape index (κ1) is 29.6. The molecule has 0 amide bonds. The third-order valence-corrected chi connectivity index (χ3v) is 9.42. The summed E-state index contributed by atoms with van der Waals surface area (Å²) in [5, 5.41) is 14.2. The van der Waals surface area contributed by atoms with E-state index in [9.17, 15) is 0 Å². The second kappa shape index (κ2) is 12.1. The maximum absolute atomic E-state index is 6.37. The van der Waals surface area contributed by atoms with Crippen molar-refractivity contribution < 1.29 is 18.8 Å². The molecule has 4 aromatic carbocycles. The van der Waals surface area contributed by atoms with Crippen molar-refractivity contribution in [1.29, 1.82) is 0 Å². The van der Waals surface area contributed by atoms with Crippen LogP contribution in [-0.4, -0.2) is 34.0 Å². The van der Waals surface area contributed by atoms with Gasteiger partial charge in [-0.3, -0.25) is 0 Å². The van der Waals surface area contributed by atoms with Crippen LogP contribution in [0.1, 0.15) is 35.4 Å². The Hall–Kier alpha value is -5.76. The molecule has 2 heterocycles. The number of nitrogens with zero attached hydrogens (tertiary/aromatic N) is 6. The van der Waals surface area contributed by atoms with Gasteiger partial charge < -0.3 is 9.47 Å². The number of benzene rings is 4. The average Bonchev–Trinajstić information content (AvgIpc) is 3.92. The molecule has 0 saturated carbocycles. The van der Waals surface area contributed by atoms with E-state index in [1.165, 1.54) is 11.1 Å². The third-order valence-electron chi connectivity index (χ3n) is 9.42. The average molecular weight is 635 g/mol. The fraction of sp³-hybridized carbons (Fsp3) is 0.200. The normalized spacial score (nSPS) is 13.9. The maximum Gasteiger partial charge on any atom is 0.193 e. The molecule has 0 N–H and O–H groups in total. The second-order valence-electron chi connectivity index (χ2n) is 12.4. The number of aryl methyl sites for hydroxylation is 2. The number of allylic oxidation sites excluding steroid dienone is 8. The van der Waals surface area contributed by atoms with Crippen molar-refractivity contribution in [3.63, 3.8) is 0 Å². The zero-order valence-electron chi connectivity index (χ0n) is 27.7. The zero-order valence-corrected chi connectivity index (χ0v) is 27.7. The molecule has 8 rings (SSSR count). The fourth-order valence-corrected chi connectivity index (χ4v) is 7.27. The third kappa shape index (κ3) is 5.10. The van der Waals surface area contributed by atoms with E-state index in [1.807, 2.05) is 32.8 Å². The van der Waals surface area contributed by atoms with Gasteiger partial charge in [0.25, 0.3) is 0 Å². The minimum atomic E-state index is 0.548. The Balaban J connectivity index is 1.31. The Morgan fingerprint density at radius 3 is 1.48 bits per heavy atom. The Kier molecular flexibility index (Phi) is 7.48. The molecule has 0 saturated heterocycles. The molecular weight excluding hydrogens is 596 g/mol. The number of fused-ring (bicyclic) bond motifs is 2. The van der Waals surface area contributed by atoms with Crippen molar-refractivity contribution in [2.24, 2.45) is 14.1 Å². The minimum Gasteiger partial charge on any atom is -0.496 e. The van der Waals surface area contributed by atoms with Crippen LogP contribution in [0.15, 0.2) is 110 Å². The molecule has 238 valence electrons. The van der Waals surface area contributed by atoms with Crippen LogP contribution in [0.2, 0.25) is 0 Å². The molecule has 0 spiro atoms. The summed E-state index contributed by atoms with van der Waals surface area (Å²) < 4.78 is 20.7. The number of aromatic nitrogens is 6. The lowest BCUT2D eigenvalue weighted by Crippen LogP contribution is -2.37.